The average Bonchev–Trinajstić information content (AvgIpc) is 4.17. The van der Waals surface area contributed by atoms with Gasteiger partial charge < -0.3 is 44.0 Å². The van der Waals surface area contributed by atoms with Crippen LogP contribution in [-0.2, 0) is 9.59 Å². The van der Waals surface area contributed by atoms with Crippen LogP contribution in [0.1, 0.15) is 102 Å². The Kier molecular flexibility index (Phi) is 16.2. The number of nitrogen functional groups attached to an aromatic ring is 2. The number of likely N-dealkylation sites (tertiary alicyclic amines) is 1. The fourth-order valence-electron chi connectivity index (χ4n) is 7.59. The van der Waals surface area contributed by atoms with E-state index >= 15 is 0 Å². The lowest BCUT2D eigenvalue weighted by molar-refractivity contribution is -0.127. The van der Waals surface area contributed by atoms with E-state index in [1.165, 1.54) is 10.8 Å². The first kappa shape index (κ1) is 49.9. The Hall–Kier alpha value is -8.49. The van der Waals surface area contributed by atoms with Crippen molar-refractivity contribution in [3.05, 3.63) is 156 Å². The number of hydrogen-bond donors (Lipinski definition) is 7. The van der Waals surface area contributed by atoms with Crippen LogP contribution < -0.4 is 39.1 Å². The Balaban J connectivity index is 0.000000208. The van der Waals surface area contributed by atoms with Crippen molar-refractivity contribution in [2.75, 3.05) is 35.4 Å². The van der Waals surface area contributed by atoms with Crippen molar-refractivity contribution >= 4 is 58.0 Å². The molecule has 2 atom stereocenters. The molecule has 6 heterocycles. The van der Waals surface area contributed by atoms with Gasteiger partial charge in [0.2, 0.25) is 11.1 Å². The minimum Gasteiger partial charge on any atom is -0.364 e. The third-order valence-corrected chi connectivity index (χ3v) is 11.2. The number of anilines is 2. The second kappa shape index (κ2) is 22.3. The molecule has 21 heteroatoms. The van der Waals surface area contributed by atoms with E-state index in [1.807, 2.05) is 26.0 Å². The summed E-state index contributed by atoms with van der Waals surface area (Å²) in [6, 6.07) is 20.1. The Morgan fingerprint density at radius 3 is 1.54 bits per heavy atom. The van der Waals surface area contributed by atoms with Crippen LogP contribution in [0.5, 0.6) is 0 Å². The zero-order valence-electron chi connectivity index (χ0n) is 37.8. The van der Waals surface area contributed by atoms with Gasteiger partial charge in [0.1, 0.15) is 28.8 Å². The molecule has 2 aliphatic heterocycles. The number of halogens is 1. The van der Waals surface area contributed by atoms with Crippen LogP contribution in [0.2, 0.25) is 0 Å². The van der Waals surface area contributed by atoms with E-state index in [4.69, 9.17) is 34.8 Å². The summed E-state index contributed by atoms with van der Waals surface area (Å²) in [6.45, 7) is 11.9. The summed E-state index contributed by atoms with van der Waals surface area (Å²) >= 11 is 4.71. The maximum Gasteiger partial charge on any atom is 0.269 e. The summed E-state index contributed by atoms with van der Waals surface area (Å²) < 4.78 is 2.42. The number of aryl methyl sites for hydroxylation is 2. The van der Waals surface area contributed by atoms with Crippen molar-refractivity contribution in [1.29, 1.82) is 0 Å². The van der Waals surface area contributed by atoms with Crippen LogP contribution in [0.4, 0.5) is 11.6 Å². The molecule has 0 spiro atoms. The lowest BCUT2D eigenvalue weighted by Gasteiger charge is -2.22. The van der Waals surface area contributed by atoms with Crippen molar-refractivity contribution in [3.63, 3.8) is 0 Å². The third kappa shape index (κ3) is 11.9. The van der Waals surface area contributed by atoms with Crippen molar-refractivity contribution in [3.8, 4) is 22.5 Å². The van der Waals surface area contributed by atoms with E-state index < -0.39 is 23.1 Å². The highest BCUT2D eigenvalue weighted by Gasteiger charge is 2.35. The molecule has 8 rings (SSSR count). The number of carbonyl (C=O) groups is 6. The minimum absolute atomic E-state index is 0.0195. The van der Waals surface area contributed by atoms with Crippen molar-refractivity contribution in [2.24, 2.45) is 11.5 Å². The van der Waals surface area contributed by atoms with Gasteiger partial charge in [-0.05, 0) is 117 Å². The monoisotopic (exact) mass is 954 g/mol. The van der Waals surface area contributed by atoms with E-state index in [-0.39, 0.29) is 40.8 Å². The van der Waals surface area contributed by atoms with Gasteiger partial charge in [-0.15, -0.1) is 0 Å². The third-order valence-electron chi connectivity index (χ3n) is 11.0. The number of imidazole rings is 2. The van der Waals surface area contributed by atoms with Gasteiger partial charge in [0, 0.05) is 41.2 Å². The molecule has 2 fully saturated rings. The maximum absolute atomic E-state index is 12.6. The second-order valence-corrected chi connectivity index (χ2v) is 16.2. The maximum atomic E-state index is 12.6. The molecule has 5 amide bonds. The number of benzene rings is 2. The molecule has 0 bridgehead atoms. The van der Waals surface area contributed by atoms with E-state index in [9.17, 15) is 28.8 Å². The highest BCUT2D eigenvalue weighted by Crippen LogP contribution is 2.35. The molecule has 11 N–H and O–H groups in total. The van der Waals surface area contributed by atoms with Gasteiger partial charge in [0.05, 0.1) is 12.1 Å². The number of aromatic nitrogens is 6. The number of pyridine rings is 2. The molecule has 4 aromatic heterocycles. The van der Waals surface area contributed by atoms with Gasteiger partial charge in [-0.25, -0.2) is 29.3 Å². The molecule has 2 aliphatic rings. The first-order valence-electron chi connectivity index (χ1n) is 21.5. The fourth-order valence-corrected chi connectivity index (χ4v) is 7.59. The number of carbonyl (C=O) groups excluding carboxylic acids is 6. The van der Waals surface area contributed by atoms with Gasteiger partial charge in [0.25, 0.3) is 23.6 Å². The van der Waals surface area contributed by atoms with Crippen LogP contribution in [0.25, 0.3) is 22.5 Å². The van der Waals surface area contributed by atoms with Crippen LogP contribution in [0.15, 0.2) is 111 Å². The predicted molar refractivity (Wildman–Crippen MR) is 261 cm³/mol. The summed E-state index contributed by atoms with van der Waals surface area (Å²) in [5, 5.41) is 8.30. The first-order chi connectivity index (χ1) is 33.0. The quantitative estimate of drug-likeness (QED) is 0.0491. The number of nitrogens with two attached hydrogens (primary N) is 4. The van der Waals surface area contributed by atoms with Gasteiger partial charge in [-0.2, -0.15) is 0 Å². The van der Waals surface area contributed by atoms with Crippen molar-refractivity contribution in [1.82, 2.24) is 39.5 Å². The smallest absolute Gasteiger partial charge is 0.269 e. The van der Waals surface area contributed by atoms with Crippen LogP contribution in [-0.4, -0.2) is 82.1 Å². The number of nitrogens with zero attached hydrogens (tertiary/aromatic N) is 7. The van der Waals surface area contributed by atoms with E-state index in [0.717, 1.165) is 47.7 Å². The standard InChI is InChI=1S/C24H25N7O3.C21H23N7O2.C3H3ClO/c1-3-19(32)30-12-4-5-17(30)23-29-20(21(22(25)33)31(23)26)15-7-9-16(10-8-15)24(34)28-18-11-6-14(2)13-27-18;1-12-4-9-16(25-11-12)26-21(30)14-7-5-13(6-8-14)17-18(19(22)29)28(23)20(27-17)15-3-2-10-24-15;1-2-3(4)5/h3,6-11,13,17H,1,4-5,12,26H2,2H3,(H2,25,33)(H,27,28,34);4-9,11,15,24H,2-3,10,23H2,1H3,(H2,22,29)(H,25,26,30);2H,1H2/t17-;15-;/m00./s1. The number of amides is 5. The summed E-state index contributed by atoms with van der Waals surface area (Å²) in [6.07, 6.45) is 8.96. The molecule has 6 aromatic rings. The summed E-state index contributed by atoms with van der Waals surface area (Å²) in [4.78, 5) is 90.2. The highest BCUT2D eigenvalue weighted by molar-refractivity contribution is 6.66. The molecule has 20 nitrogen and oxygen atoms in total. The molecular formula is C48H51ClN14O6. The van der Waals surface area contributed by atoms with E-state index in [2.05, 4.69) is 49.0 Å². The van der Waals surface area contributed by atoms with Crippen LogP contribution >= 0.6 is 11.6 Å². The first-order valence-corrected chi connectivity index (χ1v) is 21.9. The Labute approximate surface area is 401 Å². The summed E-state index contributed by atoms with van der Waals surface area (Å²) in [7, 11) is 0. The molecule has 0 saturated carbocycles. The normalized spacial score (nSPS) is 14.9. The van der Waals surface area contributed by atoms with Gasteiger partial charge in [-0.1, -0.05) is 49.6 Å². The van der Waals surface area contributed by atoms with Gasteiger partial charge >= 0.3 is 0 Å². The molecule has 2 aromatic carbocycles. The number of nitrogens with one attached hydrogen (secondary N) is 3. The average molecular weight is 955 g/mol. The molecule has 69 heavy (non-hydrogen) atoms. The van der Waals surface area contributed by atoms with Gasteiger partial charge in [-0.3, -0.25) is 28.8 Å². The predicted octanol–water partition coefficient (Wildman–Crippen LogP) is 4.85. The lowest BCUT2D eigenvalue weighted by Crippen LogP contribution is -2.32. The number of allylic oxidation sites excluding steroid dienone is 1. The molecule has 2 saturated heterocycles. The largest absolute Gasteiger partial charge is 0.364 e. The van der Waals surface area contributed by atoms with Crippen molar-refractivity contribution < 1.29 is 28.8 Å². The minimum atomic E-state index is -0.747. The molecule has 0 unspecified atom stereocenters. The molecule has 0 aliphatic carbocycles. The SMILES string of the molecule is C=CC(=O)Cl.C=CC(=O)N1CCC[C@H]1c1nc(-c2ccc(C(=O)Nc3ccc(C)cn3)cc2)c(C(N)=O)n1N.Cc1ccc(NC(=O)c2ccc(-c3nc([C@@H]4CCCN4)n(N)c3C(N)=O)cc2)nc1. The van der Waals surface area contributed by atoms with Crippen LogP contribution in [0.3, 0.4) is 0 Å². The highest BCUT2D eigenvalue weighted by atomic mass is 35.5. The lowest BCUT2D eigenvalue weighted by atomic mass is 10.1. The van der Waals surface area contributed by atoms with Crippen molar-refractivity contribution in [2.45, 2.75) is 51.6 Å². The Morgan fingerprint density at radius 1 is 0.681 bits per heavy atom. The topological polar surface area (TPSA) is 307 Å². The van der Waals surface area contributed by atoms with E-state index in [1.54, 1.807) is 78.0 Å². The Bertz CT molecular complexity index is 2890. The zero-order chi connectivity index (χ0) is 49.9. The van der Waals surface area contributed by atoms with Gasteiger partial charge in [0.15, 0.2) is 17.2 Å². The number of rotatable bonds is 12. The number of primary amides is 2. The number of hydrogen-bond acceptors (Lipinski definition) is 13. The summed E-state index contributed by atoms with van der Waals surface area (Å²) in [5.74, 6) is 12.0. The fraction of sp³-hybridized carbons (Fsp3) is 0.208. The van der Waals surface area contributed by atoms with Crippen LogP contribution in [0, 0.1) is 13.8 Å². The zero-order valence-corrected chi connectivity index (χ0v) is 38.6. The molecule has 0 radical (unpaired) electrons. The molecule has 356 valence electrons. The molecular weight excluding hydrogens is 904 g/mol. The second-order valence-electron chi connectivity index (χ2n) is 15.9. The Morgan fingerprint density at radius 2 is 1.14 bits per heavy atom. The van der Waals surface area contributed by atoms with E-state index in [0.29, 0.717) is 64.2 Å². The summed E-state index contributed by atoms with van der Waals surface area (Å²) in [5.41, 5.74) is 16.1.